The van der Waals surface area contributed by atoms with Crippen LogP contribution in [-0.4, -0.2) is 38.3 Å². The van der Waals surface area contributed by atoms with E-state index in [0.717, 1.165) is 50.3 Å². The van der Waals surface area contributed by atoms with Gasteiger partial charge in [0, 0.05) is 18.4 Å². The molecular weight excluding hydrogens is 280 g/mol. The zero-order valence-electron chi connectivity index (χ0n) is 13.3. The second-order valence-electron chi connectivity index (χ2n) is 5.55. The van der Waals surface area contributed by atoms with Gasteiger partial charge in [-0.2, -0.15) is 0 Å². The molecule has 1 unspecified atom stereocenters. The summed E-state index contributed by atoms with van der Waals surface area (Å²) in [6, 6.07) is 7.48. The van der Waals surface area contributed by atoms with Crippen molar-refractivity contribution in [2.45, 2.75) is 38.7 Å². The number of nitrogens with one attached hydrogen (secondary N) is 2. The highest BCUT2D eigenvalue weighted by Gasteiger charge is 2.16. The Morgan fingerprint density at radius 2 is 2.36 bits per heavy atom. The second-order valence-corrected chi connectivity index (χ2v) is 5.55. The second kappa shape index (κ2) is 9.43. The Morgan fingerprint density at radius 3 is 3.14 bits per heavy atom. The fraction of sp³-hybridized carbons (Fsp3) is 0.588. The number of amides is 1. The Hall–Kier alpha value is -1.59. The monoisotopic (exact) mass is 306 g/mol. The molecular formula is C17H26N2O3. The molecule has 22 heavy (non-hydrogen) atoms. The largest absolute Gasteiger partial charge is 0.491 e. The first-order valence-electron chi connectivity index (χ1n) is 8.13. The molecule has 1 fully saturated rings. The van der Waals surface area contributed by atoms with E-state index in [1.54, 1.807) is 0 Å². The molecule has 1 aliphatic rings. The van der Waals surface area contributed by atoms with E-state index in [-0.39, 0.29) is 12.0 Å². The molecule has 0 aliphatic carbocycles. The average molecular weight is 306 g/mol. The first-order chi connectivity index (χ1) is 10.8. The third-order valence-electron chi connectivity index (χ3n) is 3.57. The molecule has 1 aliphatic heterocycles. The van der Waals surface area contributed by atoms with Crippen LogP contribution in [0.15, 0.2) is 24.3 Å². The van der Waals surface area contributed by atoms with Crippen molar-refractivity contribution in [3.05, 3.63) is 24.3 Å². The fourth-order valence-electron chi connectivity index (χ4n) is 2.34. The molecule has 122 valence electrons. The van der Waals surface area contributed by atoms with E-state index < -0.39 is 0 Å². The molecule has 5 heteroatoms. The van der Waals surface area contributed by atoms with Crippen LogP contribution in [0.1, 0.15) is 32.6 Å². The number of ether oxygens (including phenoxy) is 2. The smallest absolute Gasteiger partial charge is 0.238 e. The highest BCUT2D eigenvalue weighted by atomic mass is 16.5. The molecule has 0 aromatic heterocycles. The number of carbonyl (C=O) groups is 1. The number of hydrogen-bond donors (Lipinski definition) is 2. The number of rotatable bonds is 9. The maximum Gasteiger partial charge on any atom is 0.238 e. The molecule has 0 spiro atoms. The van der Waals surface area contributed by atoms with Gasteiger partial charge in [-0.3, -0.25) is 4.79 Å². The molecule has 2 rings (SSSR count). The fourth-order valence-corrected chi connectivity index (χ4v) is 2.34. The lowest BCUT2D eigenvalue weighted by Crippen LogP contribution is -2.28. The average Bonchev–Trinajstić information content (AvgIpc) is 3.03. The summed E-state index contributed by atoms with van der Waals surface area (Å²) in [5, 5.41) is 6.00. The van der Waals surface area contributed by atoms with Crippen LogP contribution in [-0.2, 0) is 9.53 Å². The predicted molar refractivity (Wildman–Crippen MR) is 87.3 cm³/mol. The maximum atomic E-state index is 11.8. The van der Waals surface area contributed by atoms with Gasteiger partial charge in [-0.05, 0) is 37.9 Å². The third kappa shape index (κ3) is 6.03. The van der Waals surface area contributed by atoms with Gasteiger partial charge < -0.3 is 20.1 Å². The lowest BCUT2D eigenvalue weighted by Gasteiger charge is -2.12. The van der Waals surface area contributed by atoms with Crippen molar-refractivity contribution in [1.29, 1.82) is 0 Å². The van der Waals surface area contributed by atoms with Gasteiger partial charge in [-0.25, -0.2) is 0 Å². The van der Waals surface area contributed by atoms with Gasteiger partial charge >= 0.3 is 0 Å². The zero-order valence-corrected chi connectivity index (χ0v) is 13.3. The summed E-state index contributed by atoms with van der Waals surface area (Å²) in [5.74, 6) is 0.722. The van der Waals surface area contributed by atoms with E-state index in [9.17, 15) is 4.79 Å². The minimum Gasteiger partial charge on any atom is -0.491 e. The Kier molecular flexibility index (Phi) is 7.19. The Balaban J connectivity index is 1.74. The molecule has 1 saturated heterocycles. The summed E-state index contributed by atoms with van der Waals surface area (Å²) in [4.78, 5) is 11.8. The minimum atomic E-state index is -0.0348. The number of carbonyl (C=O) groups excluding carboxylic acids is 1. The molecule has 0 radical (unpaired) electrons. The summed E-state index contributed by atoms with van der Waals surface area (Å²) in [6.45, 7) is 4.73. The van der Waals surface area contributed by atoms with Gasteiger partial charge in [0.25, 0.3) is 0 Å². The van der Waals surface area contributed by atoms with Crippen LogP contribution in [0, 0.1) is 0 Å². The van der Waals surface area contributed by atoms with E-state index in [4.69, 9.17) is 9.47 Å². The van der Waals surface area contributed by atoms with Crippen LogP contribution in [0.4, 0.5) is 5.69 Å². The molecule has 0 saturated carbocycles. The Morgan fingerprint density at radius 1 is 1.45 bits per heavy atom. The normalized spacial score (nSPS) is 17.4. The van der Waals surface area contributed by atoms with E-state index in [2.05, 4.69) is 17.6 Å². The Labute approximate surface area is 132 Å². The first kappa shape index (κ1) is 16.8. The number of unbranched alkanes of at least 4 members (excludes halogenated alkanes) is 1. The SMILES string of the molecule is CCCCNCC(=O)Nc1cccc(OCC2CCCO2)c1. The van der Waals surface area contributed by atoms with Gasteiger partial charge in [-0.15, -0.1) is 0 Å². The van der Waals surface area contributed by atoms with Gasteiger partial charge in [0.15, 0.2) is 0 Å². The standard InChI is InChI=1S/C17H26N2O3/c1-2-3-9-18-12-17(20)19-14-6-4-7-15(11-14)22-13-16-8-5-10-21-16/h4,6-7,11,16,18H,2-3,5,8-10,12-13H2,1H3,(H,19,20). The summed E-state index contributed by atoms with van der Waals surface area (Å²) < 4.78 is 11.3. The summed E-state index contributed by atoms with van der Waals surface area (Å²) in [5.41, 5.74) is 0.757. The van der Waals surface area contributed by atoms with Gasteiger partial charge in [-0.1, -0.05) is 19.4 Å². The number of anilines is 1. The highest BCUT2D eigenvalue weighted by Crippen LogP contribution is 2.19. The lowest BCUT2D eigenvalue weighted by atomic mass is 10.2. The maximum absolute atomic E-state index is 11.8. The van der Waals surface area contributed by atoms with Crippen molar-refractivity contribution in [2.75, 3.05) is 31.6 Å². The van der Waals surface area contributed by atoms with Crippen molar-refractivity contribution in [3.8, 4) is 5.75 Å². The number of benzene rings is 1. The van der Waals surface area contributed by atoms with Crippen LogP contribution in [0.3, 0.4) is 0 Å². The lowest BCUT2D eigenvalue weighted by molar-refractivity contribution is -0.115. The van der Waals surface area contributed by atoms with Crippen LogP contribution >= 0.6 is 0 Å². The quantitative estimate of drug-likeness (QED) is 0.688. The molecule has 1 aromatic carbocycles. The summed E-state index contributed by atoms with van der Waals surface area (Å²) >= 11 is 0. The van der Waals surface area contributed by atoms with Crippen LogP contribution in [0.5, 0.6) is 5.75 Å². The van der Waals surface area contributed by atoms with Crippen molar-refractivity contribution < 1.29 is 14.3 Å². The van der Waals surface area contributed by atoms with Gasteiger partial charge in [0.1, 0.15) is 12.4 Å². The molecule has 1 aromatic rings. The van der Waals surface area contributed by atoms with Crippen molar-refractivity contribution >= 4 is 11.6 Å². The van der Waals surface area contributed by atoms with E-state index in [0.29, 0.717) is 13.2 Å². The predicted octanol–water partition coefficient (Wildman–Crippen LogP) is 2.57. The van der Waals surface area contributed by atoms with Crippen LogP contribution in [0.25, 0.3) is 0 Å². The van der Waals surface area contributed by atoms with Crippen LogP contribution < -0.4 is 15.4 Å². The van der Waals surface area contributed by atoms with Crippen molar-refractivity contribution in [3.63, 3.8) is 0 Å². The zero-order chi connectivity index (χ0) is 15.6. The summed E-state index contributed by atoms with van der Waals surface area (Å²) in [7, 11) is 0. The topological polar surface area (TPSA) is 59.6 Å². The molecule has 1 heterocycles. The van der Waals surface area contributed by atoms with E-state index >= 15 is 0 Å². The van der Waals surface area contributed by atoms with Gasteiger partial charge in [0.2, 0.25) is 5.91 Å². The minimum absolute atomic E-state index is 0.0348. The summed E-state index contributed by atoms with van der Waals surface area (Å²) in [6.07, 6.45) is 4.56. The number of hydrogen-bond acceptors (Lipinski definition) is 4. The first-order valence-corrected chi connectivity index (χ1v) is 8.13. The highest BCUT2D eigenvalue weighted by molar-refractivity contribution is 5.92. The van der Waals surface area contributed by atoms with E-state index in [1.807, 2.05) is 24.3 Å². The molecule has 0 bridgehead atoms. The molecule has 1 amide bonds. The van der Waals surface area contributed by atoms with Gasteiger partial charge in [0.05, 0.1) is 12.6 Å². The van der Waals surface area contributed by atoms with Crippen LogP contribution in [0.2, 0.25) is 0 Å². The molecule has 5 nitrogen and oxygen atoms in total. The molecule has 2 N–H and O–H groups in total. The van der Waals surface area contributed by atoms with Crippen molar-refractivity contribution in [2.24, 2.45) is 0 Å². The molecule has 1 atom stereocenters. The Bertz CT molecular complexity index is 459. The third-order valence-corrected chi connectivity index (χ3v) is 3.57. The van der Waals surface area contributed by atoms with Crippen molar-refractivity contribution in [1.82, 2.24) is 5.32 Å². The van der Waals surface area contributed by atoms with E-state index in [1.165, 1.54) is 0 Å².